The summed E-state index contributed by atoms with van der Waals surface area (Å²) in [7, 11) is 0. The van der Waals surface area contributed by atoms with Crippen molar-refractivity contribution in [2.75, 3.05) is 6.61 Å². The van der Waals surface area contributed by atoms with Crippen LogP contribution in [0.15, 0.2) is 30.6 Å². The van der Waals surface area contributed by atoms with E-state index in [9.17, 15) is 13.2 Å². The van der Waals surface area contributed by atoms with Gasteiger partial charge in [-0.25, -0.2) is 9.67 Å². The third-order valence-corrected chi connectivity index (χ3v) is 3.02. The van der Waals surface area contributed by atoms with E-state index in [4.69, 9.17) is 4.74 Å². The monoisotopic (exact) mass is 269 g/mol. The van der Waals surface area contributed by atoms with Gasteiger partial charge in [0.2, 0.25) is 0 Å². The van der Waals surface area contributed by atoms with Crippen LogP contribution in [0.2, 0.25) is 0 Å². The van der Waals surface area contributed by atoms with Gasteiger partial charge in [-0.3, -0.25) is 0 Å². The molecule has 0 radical (unpaired) electrons. The Kier molecular flexibility index (Phi) is 2.78. The van der Waals surface area contributed by atoms with E-state index in [1.165, 1.54) is 18.5 Å². The highest BCUT2D eigenvalue weighted by Crippen LogP contribution is 2.38. The number of rotatable bonds is 1. The number of nitrogens with zero attached hydrogens (tertiary/aromatic N) is 3. The van der Waals surface area contributed by atoms with E-state index in [1.54, 1.807) is 10.7 Å². The lowest BCUT2D eigenvalue weighted by atomic mass is 10.0. The zero-order valence-electron chi connectivity index (χ0n) is 9.76. The highest BCUT2D eigenvalue weighted by Gasteiger charge is 2.37. The van der Waals surface area contributed by atoms with Crippen LogP contribution in [0, 0.1) is 0 Å². The second-order valence-electron chi connectivity index (χ2n) is 4.18. The minimum absolute atomic E-state index is 0.0731. The molecule has 100 valence electrons. The Morgan fingerprint density at radius 2 is 2.05 bits per heavy atom. The molecule has 4 nitrogen and oxygen atoms in total. The van der Waals surface area contributed by atoms with E-state index in [0.717, 1.165) is 6.07 Å². The minimum atomic E-state index is -4.41. The molecule has 0 aliphatic carbocycles. The van der Waals surface area contributed by atoms with Gasteiger partial charge in [-0.05, 0) is 6.07 Å². The zero-order valence-corrected chi connectivity index (χ0v) is 9.76. The summed E-state index contributed by atoms with van der Waals surface area (Å²) in [6.07, 6.45) is -3.91. The number of benzene rings is 1. The second-order valence-corrected chi connectivity index (χ2v) is 4.18. The molecule has 1 aromatic carbocycles. The topological polar surface area (TPSA) is 39.9 Å². The summed E-state index contributed by atoms with van der Waals surface area (Å²) in [6, 6.07) is 5.38. The number of fused-ring (bicyclic) bond motifs is 1. The number of alkyl halides is 3. The van der Waals surface area contributed by atoms with E-state index >= 15 is 0 Å². The molecule has 2 heterocycles. The van der Waals surface area contributed by atoms with Crippen molar-refractivity contribution < 1.29 is 17.9 Å². The number of hydrogen-bond acceptors (Lipinski definition) is 3. The van der Waals surface area contributed by atoms with Gasteiger partial charge in [-0.2, -0.15) is 18.3 Å². The van der Waals surface area contributed by atoms with Gasteiger partial charge in [-0.1, -0.05) is 18.2 Å². The molecule has 2 aromatic rings. The quantitative estimate of drug-likeness (QED) is 0.798. The van der Waals surface area contributed by atoms with E-state index in [2.05, 4.69) is 10.1 Å². The molecule has 0 amide bonds. The first-order valence-electron chi connectivity index (χ1n) is 5.73. The number of halogens is 3. The predicted octanol–water partition coefficient (Wildman–Crippen LogP) is 2.42. The van der Waals surface area contributed by atoms with Crippen molar-refractivity contribution in [1.29, 1.82) is 0 Å². The smallest absolute Gasteiger partial charge is 0.364 e. The zero-order chi connectivity index (χ0) is 13.5. The van der Waals surface area contributed by atoms with Gasteiger partial charge in [0.25, 0.3) is 0 Å². The van der Waals surface area contributed by atoms with Crippen molar-refractivity contribution in [2.45, 2.75) is 18.8 Å². The average Bonchev–Trinajstić information content (AvgIpc) is 2.85. The van der Waals surface area contributed by atoms with Crippen LogP contribution in [0.5, 0.6) is 0 Å². The Morgan fingerprint density at radius 1 is 1.26 bits per heavy atom. The molecule has 0 spiro atoms. The lowest BCUT2D eigenvalue weighted by molar-refractivity contribution is -0.139. The van der Waals surface area contributed by atoms with Crippen molar-refractivity contribution in [3.63, 3.8) is 0 Å². The van der Waals surface area contributed by atoms with Crippen molar-refractivity contribution in [2.24, 2.45) is 0 Å². The van der Waals surface area contributed by atoms with Crippen LogP contribution in [0.25, 0.3) is 0 Å². The third kappa shape index (κ3) is 2.10. The van der Waals surface area contributed by atoms with Crippen LogP contribution in [0.3, 0.4) is 0 Å². The van der Waals surface area contributed by atoms with Crippen LogP contribution >= 0.6 is 0 Å². The van der Waals surface area contributed by atoms with Crippen LogP contribution in [-0.4, -0.2) is 21.4 Å². The average molecular weight is 269 g/mol. The van der Waals surface area contributed by atoms with E-state index in [1.807, 2.05) is 0 Å². The van der Waals surface area contributed by atoms with Gasteiger partial charge in [0.15, 0.2) is 5.82 Å². The first-order valence-corrected chi connectivity index (χ1v) is 5.73. The molecule has 1 unspecified atom stereocenters. The Morgan fingerprint density at radius 3 is 2.84 bits per heavy atom. The van der Waals surface area contributed by atoms with Crippen molar-refractivity contribution in [1.82, 2.24) is 14.8 Å². The third-order valence-electron chi connectivity index (χ3n) is 3.02. The van der Waals surface area contributed by atoms with Crippen LogP contribution < -0.4 is 0 Å². The summed E-state index contributed by atoms with van der Waals surface area (Å²) in [6.45, 7) is 0.813. The number of ether oxygens (including phenoxy) is 1. The van der Waals surface area contributed by atoms with E-state index in [0.29, 0.717) is 19.0 Å². The molecule has 1 aromatic heterocycles. The van der Waals surface area contributed by atoms with E-state index < -0.39 is 17.8 Å². The summed E-state index contributed by atoms with van der Waals surface area (Å²) in [5, 5.41) is 3.97. The molecule has 0 saturated carbocycles. The predicted molar refractivity (Wildman–Crippen MR) is 59.3 cm³/mol. The van der Waals surface area contributed by atoms with Gasteiger partial charge in [0.05, 0.1) is 18.7 Å². The van der Waals surface area contributed by atoms with Gasteiger partial charge in [0.1, 0.15) is 12.4 Å². The maximum absolute atomic E-state index is 13.0. The van der Waals surface area contributed by atoms with E-state index in [-0.39, 0.29) is 5.56 Å². The van der Waals surface area contributed by atoms with Crippen molar-refractivity contribution in [3.8, 4) is 0 Å². The van der Waals surface area contributed by atoms with Gasteiger partial charge >= 0.3 is 6.18 Å². The lowest BCUT2D eigenvalue weighted by Gasteiger charge is -2.25. The molecule has 0 saturated heterocycles. The van der Waals surface area contributed by atoms with Gasteiger partial charge < -0.3 is 4.74 Å². The molecule has 7 heteroatoms. The molecule has 0 N–H and O–H groups in total. The SMILES string of the molecule is FC(F)(F)c1ccccc1C1OCCn2ncnc21. The molecule has 3 rings (SSSR count). The second kappa shape index (κ2) is 4.34. The highest BCUT2D eigenvalue weighted by molar-refractivity contribution is 5.34. The largest absolute Gasteiger partial charge is 0.416 e. The fraction of sp³-hybridized carbons (Fsp3) is 0.333. The lowest BCUT2D eigenvalue weighted by Crippen LogP contribution is -2.25. The van der Waals surface area contributed by atoms with Crippen molar-refractivity contribution >= 4 is 0 Å². The normalized spacial score (nSPS) is 19.2. The van der Waals surface area contributed by atoms with Crippen molar-refractivity contribution in [3.05, 3.63) is 47.5 Å². The fourth-order valence-electron chi connectivity index (χ4n) is 2.19. The minimum Gasteiger partial charge on any atom is -0.364 e. The summed E-state index contributed by atoms with van der Waals surface area (Å²) in [5.74, 6) is 0.406. The summed E-state index contributed by atoms with van der Waals surface area (Å²) < 4.78 is 46.1. The van der Waals surface area contributed by atoms with Crippen LogP contribution in [0.1, 0.15) is 23.1 Å². The summed E-state index contributed by atoms with van der Waals surface area (Å²) in [4.78, 5) is 4.00. The van der Waals surface area contributed by atoms with Gasteiger partial charge in [0, 0.05) is 5.56 Å². The molecular formula is C12H10F3N3O. The Hall–Kier alpha value is -1.89. The molecule has 0 bridgehead atoms. The highest BCUT2D eigenvalue weighted by atomic mass is 19.4. The first kappa shape index (κ1) is 12.2. The standard InChI is InChI=1S/C12H10F3N3O/c13-12(14,15)9-4-2-1-3-8(9)10-11-16-7-17-18(11)5-6-19-10/h1-4,7,10H,5-6H2. The number of aromatic nitrogens is 3. The first-order chi connectivity index (χ1) is 9.07. The maximum Gasteiger partial charge on any atom is 0.416 e. The molecule has 19 heavy (non-hydrogen) atoms. The molecule has 0 fully saturated rings. The molecule has 1 aliphatic heterocycles. The van der Waals surface area contributed by atoms with Crippen LogP contribution in [0.4, 0.5) is 13.2 Å². The Balaban J connectivity index is 2.10. The van der Waals surface area contributed by atoms with Gasteiger partial charge in [-0.15, -0.1) is 0 Å². The molecule has 1 aliphatic rings. The summed E-state index contributed by atoms with van der Waals surface area (Å²) >= 11 is 0. The van der Waals surface area contributed by atoms with Crippen LogP contribution in [-0.2, 0) is 17.5 Å². The summed E-state index contributed by atoms with van der Waals surface area (Å²) in [5.41, 5.74) is -0.625. The Labute approximate surface area is 106 Å². The molecule has 1 atom stereocenters. The fourth-order valence-corrected chi connectivity index (χ4v) is 2.19. The molecular weight excluding hydrogens is 259 g/mol. The number of hydrogen-bond donors (Lipinski definition) is 0. The Bertz CT molecular complexity index is 594. The maximum atomic E-state index is 13.0.